The van der Waals surface area contributed by atoms with Crippen LogP contribution >= 0.6 is 23.2 Å². The van der Waals surface area contributed by atoms with Gasteiger partial charge >= 0.3 is 0 Å². The molecule has 0 saturated heterocycles. The van der Waals surface area contributed by atoms with Gasteiger partial charge in [-0.15, -0.1) is 23.2 Å². The molecule has 1 atom stereocenters. The maximum absolute atomic E-state index is 5.55. The lowest BCUT2D eigenvalue weighted by molar-refractivity contribution is 1.23. The molecule has 0 spiro atoms. The Kier molecular flexibility index (Phi) is 4.68. The summed E-state index contributed by atoms with van der Waals surface area (Å²) >= 11 is 10.9. The van der Waals surface area contributed by atoms with Gasteiger partial charge in [0.05, 0.1) is 5.38 Å². The molecule has 0 aliphatic heterocycles. The maximum atomic E-state index is 5.55. The van der Waals surface area contributed by atoms with Crippen LogP contribution in [0.2, 0.25) is 0 Å². The average Bonchev–Trinajstić information content (AvgIpc) is 1.68. The summed E-state index contributed by atoms with van der Waals surface area (Å²) in [6.07, 6.45) is 3.74. The second kappa shape index (κ2) is 4.48. The first-order chi connectivity index (χ1) is 3.31. The van der Waals surface area contributed by atoms with Crippen LogP contribution in [0.3, 0.4) is 0 Å². The van der Waals surface area contributed by atoms with Crippen molar-refractivity contribution in [3.8, 4) is 0 Å². The molecular formula is C5H8Cl2. The summed E-state index contributed by atoms with van der Waals surface area (Å²) in [4.78, 5) is 0. The van der Waals surface area contributed by atoms with Gasteiger partial charge in [0.15, 0.2) is 0 Å². The molecule has 0 heterocycles. The summed E-state index contributed by atoms with van der Waals surface area (Å²) in [7, 11) is 0. The van der Waals surface area contributed by atoms with Gasteiger partial charge in [-0.05, 0) is 6.92 Å². The molecular weight excluding hydrogens is 131 g/mol. The van der Waals surface area contributed by atoms with Gasteiger partial charge in [-0.3, -0.25) is 0 Å². The van der Waals surface area contributed by atoms with Crippen LogP contribution in [0.1, 0.15) is 6.92 Å². The van der Waals surface area contributed by atoms with Gasteiger partial charge in [0.25, 0.3) is 0 Å². The topological polar surface area (TPSA) is 0 Å². The molecule has 0 amide bonds. The van der Waals surface area contributed by atoms with Crippen molar-refractivity contribution in [2.75, 3.05) is 5.88 Å². The largest absolute Gasteiger partial charge is 0.125 e. The fourth-order valence-electron chi connectivity index (χ4n) is 0.260. The van der Waals surface area contributed by atoms with E-state index in [1.165, 1.54) is 0 Å². The molecule has 0 rings (SSSR count). The average molecular weight is 139 g/mol. The SMILES string of the molecule is C/C=C/C(Cl)CCl. The van der Waals surface area contributed by atoms with E-state index in [-0.39, 0.29) is 5.38 Å². The molecule has 0 radical (unpaired) electrons. The molecule has 0 aromatic heterocycles. The highest BCUT2D eigenvalue weighted by atomic mass is 35.5. The zero-order chi connectivity index (χ0) is 5.70. The Balaban J connectivity index is 3.16. The number of hydrogen-bond donors (Lipinski definition) is 0. The smallest absolute Gasteiger partial charge is 0.0651 e. The molecule has 1 unspecified atom stereocenters. The Morgan fingerprint density at radius 1 is 1.71 bits per heavy atom. The van der Waals surface area contributed by atoms with Gasteiger partial charge in [-0.2, -0.15) is 0 Å². The van der Waals surface area contributed by atoms with E-state index in [1.54, 1.807) is 0 Å². The van der Waals surface area contributed by atoms with E-state index < -0.39 is 0 Å². The Labute approximate surface area is 54.1 Å². The molecule has 7 heavy (non-hydrogen) atoms. The molecule has 0 nitrogen and oxygen atoms in total. The minimum atomic E-state index is 0.00617. The van der Waals surface area contributed by atoms with Crippen molar-refractivity contribution in [2.24, 2.45) is 0 Å². The van der Waals surface area contributed by atoms with Crippen molar-refractivity contribution in [2.45, 2.75) is 12.3 Å². The first-order valence-electron chi connectivity index (χ1n) is 2.14. The molecule has 0 N–H and O–H groups in total. The minimum absolute atomic E-state index is 0.00617. The van der Waals surface area contributed by atoms with E-state index in [9.17, 15) is 0 Å². The fraction of sp³-hybridized carbons (Fsp3) is 0.600. The van der Waals surface area contributed by atoms with Gasteiger partial charge in [0.2, 0.25) is 0 Å². The summed E-state index contributed by atoms with van der Waals surface area (Å²) in [5, 5.41) is 0.00617. The van der Waals surface area contributed by atoms with E-state index in [4.69, 9.17) is 23.2 Å². The molecule has 0 bridgehead atoms. The molecule has 42 valence electrons. The lowest BCUT2D eigenvalue weighted by Crippen LogP contribution is -1.91. The second-order valence-corrected chi connectivity index (χ2v) is 2.07. The molecule has 0 fully saturated rings. The van der Waals surface area contributed by atoms with Crippen LogP contribution in [0, 0.1) is 0 Å². The van der Waals surface area contributed by atoms with Crippen molar-refractivity contribution in [1.29, 1.82) is 0 Å². The van der Waals surface area contributed by atoms with Crippen LogP contribution in [0.15, 0.2) is 12.2 Å². The van der Waals surface area contributed by atoms with Crippen LogP contribution in [-0.2, 0) is 0 Å². The zero-order valence-electron chi connectivity index (χ0n) is 4.20. The van der Waals surface area contributed by atoms with E-state index in [0.29, 0.717) is 5.88 Å². The molecule has 0 aromatic carbocycles. The van der Waals surface area contributed by atoms with Crippen molar-refractivity contribution in [1.82, 2.24) is 0 Å². The molecule has 0 aliphatic rings. The first-order valence-corrected chi connectivity index (χ1v) is 3.11. The van der Waals surface area contributed by atoms with Crippen molar-refractivity contribution >= 4 is 23.2 Å². The highest BCUT2D eigenvalue weighted by molar-refractivity contribution is 6.28. The van der Waals surface area contributed by atoms with Gasteiger partial charge < -0.3 is 0 Å². The zero-order valence-corrected chi connectivity index (χ0v) is 5.71. The second-order valence-electron chi connectivity index (χ2n) is 1.20. The maximum Gasteiger partial charge on any atom is 0.0651 e. The third-order valence-corrected chi connectivity index (χ3v) is 1.34. The van der Waals surface area contributed by atoms with Crippen LogP contribution < -0.4 is 0 Å². The van der Waals surface area contributed by atoms with Crippen molar-refractivity contribution < 1.29 is 0 Å². The third-order valence-electron chi connectivity index (χ3n) is 0.549. The summed E-state index contributed by atoms with van der Waals surface area (Å²) in [6, 6.07) is 0. The first kappa shape index (κ1) is 7.32. The summed E-state index contributed by atoms with van der Waals surface area (Å²) in [6.45, 7) is 1.92. The van der Waals surface area contributed by atoms with Crippen LogP contribution in [-0.4, -0.2) is 11.3 Å². The van der Waals surface area contributed by atoms with Crippen molar-refractivity contribution in [3.05, 3.63) is 12.2 Å². The number of allylic oxidation sites excluding steroid dienone is 2. The number of rotatable bonds is 2. The predicted octanol–water partition coefficient (Wildman–Crippen LogP) is 2.41. The molecule has 0 aliphatic carbocycles. The Hall–Kier alpha value is 0.320. The van der Waals surface area contributed by atoms with Crippen LogP contribution in [0.5, 0.6) is 0 Å². The summed E-state index contributed by atoms with van der Waals surface area (Å²) in [5.74, 6) is 0.492. The lowest BCUT2D eigenvalue weighted by atomic mass is 10.4. The summed E-state index contributed by atoms with van der Waals surface area (Å²) in [5.41, 5.74) is 0. The van der Waals surface area contributed by atoms with Crippen molar-refractivity contribution in [3.63, 3.8) is 0 Å². The quantitative estimate of drug-likeness (QED) is 0.407. The molecule has 0 saturated carbocycles. The highest BCUT2D eigenvalue weighted by Crippen LogP contribution is 1.98. The number of alkyl halides is 2. The van der Waals surface area contributed by atoms with E-state index in [2.05, 4.69) is 0 Å². The van der Waals surface area contributed by atoms with Crippen LogP contribution in [0.25, 0.3) is 0 Å². The van der Waals surface area contributed by atoms with Gasteiger partial charge in [0, 0.05) is 5.88 Å². The van der Waals surface area contributed by atoms with E-state index in [1.807, 2.05) is 19.1 Å². The van der Waals surface area contributed by atoms with E-state index in [0.717, 1.165) is 0 Å². The standard InChI is InChI=1S/C5H8Cl2/c1-2-3-5(7)4-6/h2-3,5H,4H2,1H3/b3-2+. The molecule has 2 heteroatoms. The lowest BCUT2D eigenvalue weighted by Gasteiger charge is -1.91. The minimum Gasteiger partial charge on any atom is -0.125 e. The monoisotopic (exact) mass is 138 g/mol. The van der Waals surface area contributed by atoms with E-state index >= 15 is 0 Å². The molecule has 0 aromatic rings. The number of hydrogen-bond acceptors (Lipinski definition) is 0. The summed E-state index contributed by atoms with van der Waals surface area (Å²) < 4.78 is 0. The normalized spacial score (nSPS) is 15.3. The predicted molar refractivity (Wildman–Crippen MR) is 35.2 cm³/mol. The van der Waals surface area contributed by atoms with Gasteiger partial charge in [0.1, 0.15) is 0 Å². The number of halogens is 2. The third kappa shape index (κ3) is 4.17. The highest BCUT2D eigenvalue weighted by Gasteiger charge is 1.91. The Bertz CT molecular complexity index is 59.1. The Morgan fingerprint density at radius 3 is 2.43 bits per heavy atom. The van der Waals surface area contributed by atoms with Gasteiger partial charge in [-0.25, -0.2) is 0 Å². The fourth-order valence-corrected chi connectivity index (χ4v) is 0.509. The Morgan fingerprint density at radius 2 is 2.29 bits per heavy atom. The van der Waals surface area contributed by atoms with Gasteiger partial charge in [-0.1, -0.05) is 12.2 Å². The van der Waals surface area contributed by atoms with Crippen LogP contribution in [0.4, 0.5) is 0 Å².